The predicted molar refractivity (Wildman–Crippen MR) is 75.0 cm³/mol. The van der Waals surface area contributed by atoms with E-state index in [-0.39, 0.29) is 25.6 Å². The average molecular weight is 303 g/mol. The molecule has 0 aromatic rings. The number of carbonyl (C=O) groups is 2. The summed E-state index contributed by atoms with van der Waals surface area (Å²) in [7, 11) is 0. The van der Waals surface area contributed by atoms with Gasteiger partial charge in [0.05, 0.1) is 12.7 Å². The molecular formula is C14H25NO6. The van der Waals surface area contributed by atoms with Gasteiger partial charge in [0, 0.05) is 18.9 Å². The Hall–Kier alpha value is -1.34. The molecule has 1 saturated heterocycles. The Morgan fingerprint density at radius 1 is 1.48 bits per heavy atom. The van der Waals surface area contributed by atoms with Gasteiger partial charge in [0.2, 0.25) is 0 Å². The van der Waals surface area contributed by atoms with Crippen LogP contribution in [0, 0.1) is 5.92 Å². The van der Waals surface area contributed by atoms with Crippen LogP contribution in [0.3, 0.4) is 0 Å². The standard InChI is InChI=1S/C14H25NO6/c1-3-4-5-10-9(2)21-13(17)11(15-14(18)19)6-7-20-12(10)8-16/h9-12,15-16H,3-8H2,1-2H3,(H,18,19)/t9-,10-,11-,12+/m0/s1. The topological polar surface area (TPSA) is 105 Å². The molecule has 0 saturated carbocycles. The first kappa shape index (κ1) is 17.7. The van der Waals surface area contributed by atoms with Gasteiger partial charge in [-0.05, 0) is 13.3 Å². The van der Waals surface area contributed by atoms with E-state index >= 15 is 0 Å². The maximum absolute atomic E-state index is 12.0. The number of amides is 1. The van der Waals surface area contributed by atoms with E-state index in [1.165, 1.54) is 0 Å². The van der Waals surface area contributed by atoms with E-state index in [9.17, 15) is 14.7 Å². The number of esters is 1. The summed E-state index contributed by atoms with van der Waals surface area (Å²) in [5.74, 6) is -0.684. The summed E-state index contributed by atoms with van der Waals surface area (Å²) in [6, 6.07) is -0.936. The van der Waals surface area contributed by atoms with E-state index in [1.807, 2.05) is 0 Å². The maximum Gasteiger partial charge on any atom is 0.405 e. The Morgan fingerprint density at radius 3 is 2.76 bits per heavy atom. The van der Waals surface area contributed by atoms with Gasteiger partial charge in [-0.3, -0.25) is 0 Å². The first-order valence-electron chi connectivity index (χ1n) is 7.42. The van der Waals surface area contributed by atoms with Crippen molar-refractivity contribution in [3.63, 3.8) is 0 Å². The molecular weight excluding hydrogens is 278 g/mol. The summed E-state index contributed by atoms with van der Waals surface area (Å²) >= 11 is 0. The highest BCUT2D eigenvalue weighted by Gasteiger charge is 2.34. The molecule has 1 aliphatic rings. The number of aliphatic hydroxyl groups excluding tert-OH is 1. The predicted octanol–water partition coefficient (Wildman–Crippen LogP) is 1.14. The first-order valence-corrected chi connectivity index (χ1v) is 7.42. The molecule has 0 unspecified atom stereocenters. The summed E-state index contributed by atoms with van der Waals surface area (Å²) in [6.45, 7) is 3.87. The monoisotopic (exact) mass is 303 g/mol. The lowest BCUT2D eigenvalue weighted by Crippen LogP contribution is -2.43. The van der Waals surface area contributed by atoms with Gasteiger partial charge < -0.3 is 25.0 Å². The number of rotatable bonds is 5. The smallest absolute Gasteiger partial charge is 0.405 e. The van der Waals surface area contributed by atoms with Crippen molar-refractivity contribution in [1.29, 1.82) is 0 Å². The molecule has 1 aliphatic heterocycles. The van der Waals surface area contributed by atoms with E-state index in [2.05, 4.69) is 12.2 Å². The summed E-state index contributed by atoms with van der Waals surface area (Å²) in [5.41, 5.74) is 0. The second-order valence-electron chi connectivity index (χ2n) is 5.33. The van der Waals surface area contributed by atoms with E-state index in [0.29, 0.717) is 0 Å². The summed E-state index contributed by atoms with van der Waals surface area (Å²) < 4.78 is 11.0. The Morgan fingerprint density at radius 2 is 2.19 bits per heavy atom. The highest BCUT2D eigenvalue weighted by molar-refractivity contribution is 5.80. The Kier molecular flexibility index (Phi) is 7.45. The van der Waals surface area contributed by atoms with Crippen molar-refractivity contribution in [3.05, 3.63) is 0 Å². The molecule has 4 atom stereocenters. The second-order valence-corrected chi connectivity index (χ2v) is 5.33. The third-order valence-corrected chi connectivity index (χ3v) is 3.77. The number of unbranched alkanes of at least 4 members (excludes halogenated alkanes) is 1. The van der Waals surface area contributed by atoms with Crippen molar-refractivity contribution in [2.24, 2.45) is 5.92 Å². The number of cyclic esters (lactones) is 1. The molecule has 0 radical (unpaired) electrons. The lowest BCUT2D eigenvalue weighted by molar-refractivity contribution is -0.155. The van der Waals surface area contributed by atoms with E-state index < -0.39 is 30.3 Å². The van der Waals surface area contributed by atoms with Crippen LogP contribution in [-0.2, 0) is 14.3 Å². The molecule has 0 bridgehead atoms. The highest BCUT2D eigenvalue weighted by Crippen LogP contribution is 2.24. The van der Waals surface area contributed by atoms with Gasteiger partial charge in [-0.25, -0.2) is 9.59 Å². The zero-order valence-electron chi connectivity index (χ0n) is 12.6. The molecule has 122 valence electrons. The first-order chi connectivity index (χ1) is 9.99. The minimum absolute atomic E-state index is 0.0949. The van der Waals surface area contributed by atoms with Gasteiger partial charge in [0.1, 0.15) is 12.1 Å². The third-order valence-electron chi connectivity index (χ3n) is 3.77. The lowest BCUT2D eigenvalue weighted by Gasteiger charge is -2.29. The number of ether oxygens (including phenoxy) is 2. The van der Waals surface area contributed by atoms with Crippen LogP contribution < -0.4 is 5.32 Å². The molecule has 0 spiro atoms. The number of carbonyl (C=O) groups excluding carboxylic acids is 1. The van der Waals surface area contributed by atoms with Gasteiger partial charge >= 0.3 is 12.1 Å². The normalized spacial score (nSPS) is 30.7. The van der Waals surface area contributed by atoms with Gasteiger partial charge in [-0.1, -0.05) is 19.8 Å². The van der Waals surface area contributed by atoms with Crippen molar-refractivity contribution >= 4 is 12.1 Å². The minimum atomic E-state index is -1.27. The van der Waals surface area contributed by atoms with E-state index in [0.717, 1.165) is 19.3 Å². The number of aliphatic hydroxyl groups is 1. The molecule has 21 heavy (non-hydrogen) atoms. The molecule has 1 rings (SSSR count). The fraction of sp³-hybridized carbons (Fsp3) is 0.857. The highest BCUT2D eigenvalue weighted by atomic mass is 16.6. The van der Waals surface area contributed by atoms with Crippen LogP contribution >= 0.6 is 0 Å². The van der Waals surface area contributed by atoms with Gasteiger partial charge in [-0.2, -0.15) is 0 Å². The summed E-state index contributed by atoms with van der Waals surface area (Å²) in [5, 5.41) is 20.4. The molecule has 1 amide bonds. The van der Waals surface area contributed by atoms with Crippen molar-refractivity contribution in [1.82, 2.24) is 5.32 Å². The van der Waals surface area contributed by atoms with Crippen molar-refractivity contribution < 1.29 is 29.3 Å². The number of carboxylic acid groups (broad SMARTS) is 1. The Bertz CT molecular complexity index is 348. The van der Waals surface area contributed by atoms with E-state index in [4.69, 9.17) is 14.6 Å². The fourth-order valence-electron chi connectivity index (χ4n) is 2.56. The SMILES string of the molecule is CCCC[C@H]1[C@H](C)OC(=O)[C@@H](NC(=O)O)CCO[C@@H]1CO. The van der Waals surface area contributed by atoms with Crippen molar-refractivity contribution in [3.8, 4) is 0 Å². The molecule has 0 aliphatic carbocycles. The van der Waals surface area contributed by atoms with Crippen molar-refractivity contribution in [2.45, 2.75) is 57.8 Å². The average Bonchev–Trinajstić information content (AvgIpc) is 2.47. The Labute approximate surface area is 124 Å². The quantitative estimate of drug-likeness (QED) is 0.658. The maximum atomic E-state index is 12.0. The van der Waals surface area contributed by atoms with Crippen LogP contribution in [-0.4, -0.2) is 53.7 Å². The van der Waals surface area contributed by atoms with Crippen LogP contribution in [0.15, 0.2) is 0 Å². The zero-order chi connectivity index (χ0) is 15.8. The minimum Gasteiger partial charge on any atom is -0.465 e. The summed E-state index contributed by atoms with van der Waals surface area (Å²) in [4.78, 5) is 22.7. The third kappa shape index (κ3) is 5.51. The molecule has 7 nitrogen and oxygen atoms in total. The molecule has 3 N–H and O–H groups in total. The molecule has 0 aromatic carbocycles. The molecule has 1 fully saturated rings. The zero-order valence-corrected chi connectivity index (χ0v) is 12.6. The number of nitrogens with one attached hydrogen (secondary N) is 1. The number of hydrogen-bond acceptors (Lipinski definition) is 5. The van der Waals surface area contributed by atoms with Crippen LogP contribution in [0.1, 0.15) is 39.5 Å². The largest absolute Gasteiger partial charge is 0.465 e. The lowest BCUT2D eigenvalue weighted by atomic mass is 9.91. The second kappa shape index (κ2) is 8.84. The van der Waals surface area contributed by atoms with Crippen LogP contribution in [0.2, 0.25) is 0 Å². The van der Waals surface area contributed by atoms with Crippen LogP contribution in [0.5, 0.6) is 0 Å². The van der Waals surface area contributed by atoms with Gasteiger partial charge in [0.25, 0.3) is 0 Å². The molecule has 7 heteroatoms. The molecule has 0 aromatic heterocycles. The number of hydrogen-bond donors (Lipinski definition) is 3. The Balaban J connectivity index is 2.80. The van der Waals surface area contributed by atoms with Crippen molar-refractivity contribution in [2.75, 3.05) is 13.2 Å². The van der Waals surface area contributed by atoms with Gasteiger partial charge in [0.15, 0.2) is 0 Å². The van der Waals surface area contributed by atoms with Crippen LogP contribution in [0.4, 0.5) is 4.79 Å². The summed E-state index contributed by atoms with van der Waals surface area (Å²) in [6.07, 6.45) is 0.814. The fourth-order valence-corrected chi connectivity index (χ4v) is 2.56. The van der Waals surface area contributed by atoms with Crippen LogP contribution in [0.25, 0.3) is 0 Å². The molecule has 1 heterocycles. The van der Waals surface area contributed by atoms with E-state index in [1.54, 1.807) is 6.92 Å². The van der Waals surface area contributed by atoms with Gasteiger partial charge in [-0.15, -0.1) is 0 Å².